The Morgan fingerprint density at radius 2 is 2.10 bits per heavy atom. The van der Waals surface area contributed by atoms with Gasteiger partial charge in [-0.1, -0.05) is 12.1 Å². The second-order valence-corrected chi connectivity index (χ2v) is 6.96. The fourth-order valence-corrected chi connectivity index (χ4v) is 2.99. The highest BCUT2D eigenvalue weighted by molar-refractivity contribution is 5.98. The van der Waals surface area contributed by atoms with Crippen LogP contribution >= 0.6 is 0 Å². The maximum atomic E-state index is 11.2. The van der Waals surface area contributed by atoms with Gasteiger partial charge in [-0.25, -0.2) is 14.5 Å². The van der Waals surface area contributed by atoms with Crippen LogP contribution < -0.4 is 15.4 Å². The number of anilines is 1. The Kier molecular flexibility index (Phi) is 6.30. The Labute approximate surface area is 168 Å². The summed E-state index contributed by atoms with van der Waals surface area (Å²) in [5.74, 6) is 0.588. The van der Waals surface area contributed by atoms with Crippen LogP contribution in [0.3, 0.4) is 0 Å². The van der Waals surface area contributed by atoms with Crippen LogP contribution in [0.1, 0.15) is 19.9 Å². The Bertz CT molecular complexity index is 1000. The quantitative estimate of drug-likeness (QED) is 0.459. The van der Waals surface area contributed by atoms with Crippen molar-refractivity contribution >= 4 is 22.8 Å². The topological polar surface area (TPSA) is 122 Å². The van der Waals surface area contributed by atoms with Crippen molar-refractivity contribution < 1.29 is 19.7 Å². The van der Waals surface area contributed by atoms with Gasteiger partial charge in [-0.05, 0) is 39.1 Å². The summed E-state index contributed by atoms with van der Waals surface area (Å²) in [6, 6.07) is 9.04. The third-order valence-electron chi connectivity index (χ3n) is 4.31. The lowest BCUT2D eigenvalue weighted by Crippen LogP contribution is -2.29. The predicted molar refractivity (Wildman–Crippen MR) is 110 cm³/mol. The molecule has 0 spiro atoms. The zero-order valence-corrected chi connectivity index (χ0v) is 16.6. The fourth-order valence-electron chi connectivity index (χ4n) is 2.99. The van der Waals surface area contributed by atoms with Crippen LogP contribution in [0.15, 0.2) is 36.5 Å². The minimum absolute atomic E-state index is 0.0660. The van der Waals surface area contributed by atoms with Crippen LogP contribution in [0.25, 0.3) is 22.3 Å². The van der Waals surface area contributed by atoms with Gasteiger partial charge in [0.2, 0.25) is 0 Å². The average Bonchev–Trinajstić information content (AvgIpc) is 3.11. The summed E-state index contributed by atoms with van der Waals surface area (Å²) >= 11 is 0. The summed E-state index contributed by atoms with van der Waals surface area (Å²) in [6.45, 7) is 4.55. The number of benzene rings is 1. The standard InChI is InChI=1S/C20H25N5O4/c1-12(2)25-19-16(10-22-25)18(24-20(27)28)8-17(23-19)13-5-4-6-15(7-13)29-11-14(26)9-21-3/h4-8,10,12,14,21,26H,9,11H2,1-3H3,(H,23,24)(H,27,28). The molecule has 0 aliphatic carbocycles. The first-order valence-electron chi connectivity index (χ1n) is 9.33. The molecular formula is C20H25N5O4. The Balaban J connectivity index is 1.99. The third kappa shape index (κ3) is 4.82. The number of aliphatic hydroxyl groups excluding tert-OH is 1. The number of ether oxygens (including phenoxy) is 1. The first kappa shape index (κ1) is 20.6. The molecule has 4 N–H and O–H groups in total. The van der Waals surface area contributed by atoms with E-state index in [2.05, 4.69) is 15.7 Å². The minimum atomic E-state index is -1.16. The number of nitrogens with zero attached hydrogens (tertiary/aromatic N) is 3. The third-order valence-corrected chi connectivity index (χ3v) is 4.31. The number of carboxylic acid groups (broad SMARTS) is 1. The highest BCUT2D eigenvalue weighted by Gasteiger charge is 2.16. The van der Waals surface area contributed by atoms with Crippen molar-refractivity contribution in [2.45, 2.75) is 26.0 Å². The number of hydrogen-bond donors (Lipinski definition) is 4. The largest absolute Gasteiger partial charge is 0.491 e. The summed E-state index contributed by atoms with van der Waals surface area (Å²) in [5.41, 5.74) is 2.36. The van der Waals surface area contributed by atoms with Crippen LogP contribution in [0.5, 0.6) is 5.75 Å². The molecule has 3 rings (SSSR count). The van der Waals surface area contributed by atoms with Gasteiger partial charge < -0.3 is 20.3 Å². The van der Waals surface area contributed by atoms with E-state index in [4.69, 9.17) is 9.72 Å². The Morgan fingerprint density at radius 1 is 1.31 bits per heavy atom. The molecule has 0 bridgehead atoms. The van der Waals surface area contributed by atoms with Gasteiger partial charge in [0.25, 0.3) is 0 Å². The zero-order valence-electron chi connectivity index (χ0n) is 16.6. The minimum Gasteiger partial charge on any atom is -0.491 e. The number of nitrogens with one attached hydrogen (secondary N) is 2. The molecular weight excluding hydrogens is 374 g/mol. The molecule has 1 amide bonds. The second kappa shape index (κ2) is 8.89. The van der Waals surface area contributed by atoms with E-state index in [0.717, 1.165) is 5.56 Å². The van der Waals surface area contributed by atoms with Gasteiger partial charge in [-0.2, -0.15) is 5.10 Å². The molecule has 0 aliphatic heterocycles. The van der Waals surface area contributed by atoms with E-state index in [1.807, 2.05) is 26.0 Å². The van der Waals surface area contributed by atoms with Gasteiger partial charge in [-0.15, -0.1) is 0 Å². The lowest BCUT2D eigenvalue weighted by atomic mass is 10.1. The van der Waals surface area contributed by atoms with E-state index in [1.165, 1.54) is 0 Å². The van der Waals surface area contributed by atoms with E-state index in [-0.39, 0.29) is 12.6 Å². The number of rotatable bonds is 8. The van der Waals surface area contributed by atoms with E-state index < -0.39 is 12.2 Å². The summed E-state index contributed by atoms with van der Waals surface area (Å²) < 4.78 is 7.42. The van der Waals surface area contributed by atoms with Gasteiger partial charge >= 0.3 is 6.09 Å². The highest BCUT2D eigenvalue weighted by Crippen LogP contribution is 2.31. The highest BCUT2D eigenvalue weighted by atomic mass is 16.5. The Hall–Kier alpha value is -3.17. The van der Waals surface area contributed by atoms with Crippen LogP contribution in [0.4, 0.5) is 10.5 Å². The second-order valence-electron chi connectivity index (χ2n) is 6.96. The lowest BCUT2D eigenvalue weighted by Gasteiger charge is -2.13. The van der Waals surface area contributed by atoms with Crippen LogP contribution in [-0.4, -0.2) is 57.4 Å². The monoisotopic (exact) mass is 399 g/mol. The predicted octanol–water partition coefficient (Wildman–Crippen LogP) is 2.73. The summed E-state index contributed by atoms with van der Waals surface area (Å²) in [6.07, 6.45) is -0.165. The van der Waals surface area contributed by atoms with Crippen molar-refractivity contribution in [1.82, 2.24) is 20.1 Å². The van der Waals surface area contributed by atoms with Crippen molar-refractivity contribution in [2.75, 3.05) is 25.5 Å². The summed E-state index contributed by atoms with van der Waals surface area (Å²) in [7, 11) is 1.76. The molecule has 0 radical (unpaired) electrons. The van der Waals surface area contributed by atoms with Gasteiger partial charge in [0.15, 0.2) is 5.65 Å². The van der Waals surface area contributed by atoms with Crippen molar-refractivity contribution in [3.8, 4) is 17.0 Å². The van der Waals surface area contributed by atoms with Crippen molar-refractivity contribution in [2.24, 2.45) is 0 Å². The molecule has 1 atom stereocenters. The molecule has 154 valence electrons. The van der Waals surface area contributed by atoms with Gasteiger partial charge in [0.1, 0.15) is 18.5 Å². The average molecular weight is 399 g/mol. The fraction of sp³-hybridized carbons (Fsp3) is 0.350. The number of fused-ring (bicyclic) bond motifs is 1. The molecule has 2 aromatic heterocycles. The number of aliphatic hydroxyl groups is 1. The van der Waals surface area contributed by atoms with Crippen LogP contribution in [0, 0.1) is 0 Å². The number of likely N-dealkylation sites (N-methyl/N-ethyl adjacent to an activating group) is 1. The lowest BCUT2D eigenvalue weighted by molar-refractivity contribution is 0.108. The van der Waals surface area contributed by atoms with Gasteiger partial charge in [-0.3, -0.25) is 5.32 Å². The van der Waals surface area contributed by atoms with Crippen LogP contribution in [0.2, 0.25) is 0 Å². The maximum absolute atomic E-state index is 11.2. The Morgan fingerprint density at radius 3 is 2.79 bits per heavy atom. The van der Waals surface area contributed by atoms with E-state index in [9.17, 15) is 15.0 Å². The molecule has 0 saturated carbocycles. The van der Waals surface area contributed by atoms with Crippen molar-refractivity contribution in [1.29, 1.82) is 0 Å². The summed E-state index contributed by atoms with van der Waals surface area (Å²) in [5, 5.41) is 29.3. The maximum Gasteiger partial charge on any atom is 0.409 e. The number of amides is 1. The number of carbonyl (C=O) groups is 1. The number of pyridine rings is 1. The van der Waals surface area contributed by atoms with E-state index >= 15 is 0 Å². The van der Waals surface area contributed by atoms with E-state index in [0.29, 0.717) is 34.7 Å². The first-order valence-corrected chi connectivity index (χ1v) is 9.33. The smallest absolute Gasteiger partial charge is 0.409 e. The molecule has 2 heterocycles. The van der Waals surface area contributed by atoms with Gasteiger partial charge in [0, 0.05) is 18.2 Å². The van der Waals surface area contributed by atoms with Crippen molar-refractivity contribution in [3.05, 3.63) is 36.5 Å². The summed E-state index contributed by atoms with van der Waals surface area (Å²) in [4.78, 5) is 16.0. The SMILES string of the molecule is CNCC(O)COc1cccc(-c2cc(NC(=O)O)c3cnn(C(C)C)c3n2)c1. The molecule has 0 aliphatic rings. The molecule has 29 heavy (non-hydrogen) atoms. The molecule has 1 aromatic carbocycles. The van der Waals surface area contributed by atoms with Crippen molar-refractivity contribution in [3.63, 3.8) is 0 Å². The molecule has 1 unspecified atom stereocenters. The molecule has 0 fully saturated rings. The molecule has 0 saturated heterocycles. The van der Waals surface area contributed by atoms with E-state index in [1.54, 1.807) is 36.1 Å². The number of hydrogen-bond acceptors (Lipinski definition) is 6. The zero-order chi connectivity index (χ0) is 21.0. The molecule has 9 nitrogen and oxygen atoms in total. The number of aromatic nitrogens is 3. The molecule has 9 heteroatoms. The van der Waals surface area contributed by atoms with Crippen LogP contribution in [-0.2, 0) is 0 Å². The molecule has 3 aromatic rings. The van der Waals surface area contributed by atoms with Gasteiger partial charge in [0.05, 0.1) is 23.0 Å². The first-order chi connectivity index (χ1) is 13.9. The normalized spacial score (nSPS) is 12.3.